The Labute approximate surface area is 457 Å². The number of rotatable bonds is 55. The number of amides is 1. The van der Waals surface area contributed by atoms with Crippen molar-refractivity contribution in [3.05, 3.63) is 72.9 Å². The molecule has 0 aromatic rings. The lowest BCUT2D eigenvalue weighted by Gasteiger charge is -2.30. The maximum atomic E-state index is 13.5. The van der Waals surface area contributed by atoms with Crippen molar-refractivity contribution in [2.45, 2.75) is 283 Å². The quantitative estimate of drug-likeness (QED) is 0.0161. The summed E-state index contributed by atoms with van der Waals surface area (Å²) < 4.78 is 30.3. The second kappa shape index (κ2) is 53.8. The molecule has 9 nitrogen and oxygen atoms in total. The summed E-state index contributed by atoms with van der Waals surface area (Å²) in [6.45, 7) is 6.67. The molecule has 3 unspecified atom stereocenters. The third kappa shape index (κ3) is 54.2. The number of nitrogens with zero attached hydrogens (tertiary/aromatic N) is 1. The molecule has 0 aliphatic rings. The summed E-state index contributed by atoms with van der Waals surface area (Å²) in [5.41, 5.74) is 0. The van der Waals surface area contributed by atoms with E-state index in [-0.39, 0.29) is 24.9 Å². The van der Waals surface area contributed by atoms with Gasteiger partial charge in [0.15, 0.2) is 0 Å². The molecule has 0 spiro atoms. The van der Waals surface area contributed by atoms with Gasteiger partial charge in [-0.25, -0.2) is 0 Å². The Morgan fingerprint density at radius 2 is 0.919 bits per heavy atom. The van der Waals surface area contributed by atoms with Crippen LogP contribution in [0.15, 0.2) is 72.9 Å². The number of carbonyl (C=O) groups is 2. The van der Waals surface area contributed by atoms with Gasteiger partial charge in [0.2, 0.25) is 5.91 Å². The Bertz CT molecular complexity index is 1500. The van der Waals surface area contributed by atoms with Crippen LogP contribution in [0.4, 0.5) is 0 Å². The predicted octanol–water partition coefficient (Wildman–Crippen LogP) is 18.2. The highest BCUT2D eigenvalue weighted by molar-refractivity contribution is 7.45. The first kappa shape index (κ1) is 71.5. The van der Waals surface area contributed by atoms with Crippen LogP contribution in [0.2, 0.25) is 0 Å². The first-order valence-corrected chi connectivity index (χ1v) is 32.2. The van der Waals surface area contributed by atoms with E-state index < -0.39 is 26.6 Å². The Hall–Kier alpha value is -2.55. The molecule has 0 saturated carbocycles. The average Bonchev–Trinajstić information content (AvgIpc) is 3.36. The third-order valence-electron chi connectivity index (χ3n) is 13.4. The summed E-state index contributed by atoms with van der Waals surface area (Å²) in [4.78, 5) is 39.9. The van der Waals surface area contributed by atoms with E-state index in [4.69, 9.17) is 13.8 Å². The van der Waals surface area contributed by atoms with Gasteiger partial charge < -0.3 is 28.5 Å². The molecule has 1 N–H and O–H groups in total. The van der Waals surface area contributed by atoms with Crippen molar-refractivity contribution in [2.75, 3.05) is 40.9 Å². The van der Waals surface area contributed by atoms with Crippen molar-refractivity contribution in [2.24, 2.45) is 0 Å². The number of phosphoric acid groups is 1. The highest BCUT2D eigenvalue weighted by Crippen LogP contribution is 2.38. The number of phosphoric ester groups is 1. The van der Waals surface area contributed by atoms with Gasteiger partial charge in [-0.05, 0) is 83.1 Å². The third-order valence-corrected chi connectivity index (χ3v) is 14.4. The number of esters is 1. The fourth-order valence-electron chi connectivity index (χ4n) is 8.67. The molecule has 0 fully saturated rings. The highest BCUT2D eigenvalue weighted by Gasteiger charge is 2.27. The smallest absolute Gasteiger partial charge is 0.306 e. The number of likely N-dealkylation sites (N-methyl/N-ethyl adjacent to an activating group) is 1. The van der Waals surface area contributed by atoms with Crippen LogP contribution < -0.4 is 10.2 Å². The monoisotopic (exact) mass is 1060 g/mol. The minimum Gasteiger partial charge on any atom is -0.756 e. The Balaban J connectivity index is 5.17. The van der Waals surface area contributed by atoms with Crippen molar-refractivity contribution < 1.29 is 37.3 Å². The molecule has 0 bridgehead atoms. The van der Waals surface area contributed by atoms with Crippen LogP contribution in [0.25, 0.3) is 0 Å². The van der Waals surface area contributed by atoms with E-state index in [0.29, 0.717) is 23.9 Å². The second-order valence-electron chi connectivity index (χ2n) is 21.9. The van der Waals surface area contributed by atoms with E-state index in [1.165, 1.54) is 148 Å². The highest BCUT2D eigenvalue weighted by atomic mass is 31.2. The van der Waals surface area contributed by atoms with Gasteiger partial charge in [0.05, 0.1) is 33.8 Å². The zero-order valence-electron chi connectivity index (χ0n) is 49.0. The molecule has 1 amide bonds. The van der Waals surface area contributed by atoms with E-state index in [1.807, 2.05) is 39.4 Å². The van der Waals surface area contributed by atoms with Gasteiger partial charge in [0.25, 0.3) is 7.82 Å². The molecule has 0 aromatic heterocycles. The number of unbranched alkanes of at least 4 members (excludes halogenated alkanes) is 31. The Kier molecular flexibility index (Phi) is 52.0. The van der Waals surface area contributed by atoms with E-state index in [0.717, 1.165) is 83.5 Å². The lowest BCUT2D eigenvalue weighted by atomic mass is 10.0. The lowest BCUT2D eigenvalue weighted by molar-refractivity contribution is -0.870. The fourth-order valence-corrected chi connectivity index (χ4v) is 9.39. The normalized spacial score (nSPS) is 14.2. The molecule has 0 heterocycles. The molecule has 0 radical (unpaired) electrons. The van der Waals surface area contributed by atoms with E-state index >= 15 is 0 Å². The van der Waals surface area contributed by atoms with Crippen LogP contribution in [-0.2, 0) is 27.9 Å². The lowest BCUT2D eigenvalue weighted by Crippen LogP contribution is -2.47. The topological polar surface area (TPSA) is 114 Å². The number of hydrogen-bond donors (Lipinski definition) is 1. The number of carbonyl (C=O) groups excluding carboxylic acids is 2. The summed E-state index contributed by atoms with van der Waals surface area (Å²) in [6, 6.07) is -0.900. The summed E-state index contributed by atoms with van der Waals surface area (Å²) in [7, 11) is 1.17. The molecule has 0 rings (SSSR count). The van der Waals surface area contributed by atoms with Gasteiger partial charge in [-0.2, -0.15) is 0 Å². The molecule has 0 saturated heterocycles. The zero-order valence-corrected chi connectivity index (χ0v) is 49.9. The standard InChI is InChI=1S/C64H117N2O7P/c1-7-10-13-16-19-22-25-28-29-30-31-32-33-34-35-36-37-39-42-45-48-51-54-57-64(68)73-62(55-52-49-46-43-40-27-24-21-18-15-12-9-3)61(60-72-74(69,70)71-59-58-66(4,5)6)65-63(67)56-53-50-47-44-41-38-26-23-20-17-14-11-8-2/h11,14,17,19-20,22-23,26,28-29,52,55,61-62H,7-10,12-13,15-16,18,21,24-25,27,30-51,53-54,56-60H2,1-6H3,(H-,65,67,69,70)/b14-11+,20-17+,22-19-,26-23-,29-28-,55-52-. The Morgan fingerprint density at radius 1 is 0.500 bits per heavy atom. The van der Waals surface area contributed by atoms with Crippen LogP contribution in [-0.4, -0.2) is 69.4 Å². The predicted molar refractivity (Wildman–Crippen MR) is 316 cm³/mol. The SMILES string of the molecule is CC/C=C/C=C/C=C\CCCCCCCC(=O)NC(COP(=O)([O-])OCC[N+](C)(C)C)C(/C=C\CCCCCCCCCCCC)OC(=O)CCCCCCCCCCCCCCC/C=C\C/C=C\CCCCC. The molecular weight excluding hydrogens is 940 g/mol. The fraction of sp³-hybridized carbons (Fsp3) is 0.781. The molecular formula is C64H117N2O7P. The maximum absolute atomic E-state index is 13.5. The van der Waals surface area contributed by atoms with Crippen LogP contribution in [0, 0.1) is 0 Å². The number of hydrogen-bond acceptors (Lipinski definition) is 7. The number of allylic oxidation sites excluding steroid dienone is 11. The van der Waals surface area contributed by atoms with Crippen molar-refractivity contribution in [3.8, 4) is 0 Å². The molecule has 0 aliphatic heterocycles. The summed E-state index contributed by atoms with van der Waals surface area (Å²) >= 11 is 0. The number of quaternary nitrogens is 1. The van der Waals surface area contributed by atoms with Crippen molar-refractivity contribution in [1.29, 1.82) is 0 Å². The molecule has 430 valence electrons. The zero-order chi connectivity index (χ0) is 54.3. The number of nitrogens with one attached hydrogen (secondary N) is 1. The minimum atomic E-state index is -4.70. The average molecular weight is 1060 g/mol. The first-order chi connectivity index (χ1) is 35.9. The maximum Gasteiger partial charge on any atom is 0.306 e. The van der Waals surface area contributed by atoms with Crippen molar-refractivity contribution >= 4 is 19.7 Å². The van der Waals surface area contributed by atoms with Gasteiger partial charge >= 0.3 is 5.97 Å². The van der Waals surface area contributed by atoms with Crippen LogP contribution >= 0.6 is 7.82 Å². The summed E-state index contributed by atoms with van der Waals surface area (Å²) in [5, 5.41) is 3.01. The van der Waals surface area contributed by atoms with Crippen molar-refractivity contribution in [3.63, 3.8) is 0 Å². The van der Waals surface area contributed by atoms with E-state index in [9.17, 15) is 19.0 Å². The van der Waals surface area contributed by atoms with Crippen molar-refractivity contribution in [1.82, 2.24) is 5.32 Å². The van der Waals surface area contributed by atoms with E-state index in [2.05, 4.69) is 80.8 Å². The van der Waals surface area contributed by atoms with Crippen LogP contribution in [0.3, 0.4) is 0 Å². The largest absolute Gasteiger partial charge is 0.756 e. The molecule has 74 heavy (non-hydrogen) atoms. The van der Waals surface area contributed by atoms with Crippen LogP contribution in [0.5, 0.6) is 0 Å². The van der Waals surface area contributed by atoms with E-state index in [1.54, 1.807) is 0 Å². The molecule has 0 aromatic carbocycles. The van der Waals surface area contributed by atoms with Gasteiger partial charge in [-0.15, -0.1) is 0 Å². The minimum absolute atomic E-state index is 0.0285. The Morgan fingerprint density at radius 3 is 1.42 bits per heavy atom. The summed E-state index contributed by atoms with van der Waals surface area (Å²) in [6.07, 6.45) is 68.7. The first-order valence-electron chi connectivity index (χ1n) is 30.8. The molecule has 10 heteroatoms. The molecule has 0 aliphatic carbocycles. The van der Waals surface area contributed by atoms with Gasteiger partial charge in [0.1, 0.15) is 19.3 Å². The van der Waals surface area contributed by atoms with Gasteiger partial charge in [-0.1, -0.05) is 248 Å². The van der Waals surface area contributed by atoms with Gasteiger partial charge in [-0.3, -0.25) is 14.2 Å². The van der Waals surface area contributed by atoms with Crippen LogP contribution in [0.1, 0.15) is 271 Å². The summed E-state index contributed by atoms with van der Waals surface area (Å²) in [5.74, 6) is -0.564. The van der Waals surface area contributed by atoms with Gasteiger partial charge in [0, 0.05) is 12.8 Å². The molecule has 3 atom stereocenters. The second-order valence-corrected chi connectivity index (χ2v) is 23.3. The number of ether oxygens (including phenoxy) is 1.